The van der Waals surface area contributed by atoms with Crippen LogP contribution in [0.1, 0.15) is 18.4 Å². The molecule has 3 aromatic heterocycles. The molecule has 0 saturated carbocycles. The predicted molar refractivity (Wildman–Crippen MR) is 106 cm³/mol. The second-order valence-corrected chi connectivity index (χ2v) is 6.72. The number of morpholine rings is 1. The molecule has 146 valence electrons. The molecule has 8 heteroatoms. The molecule has 4 rings (SSSR count). The van der Waals surface area contributed by atoms with Gasteiger partial charge in [-0.2, -0.15) is 4.98 Å². The van der Waals surface area contributed by atoms with Gasteiger partial charge in [-0.15, -0.1) is 0 Å². The van der Waals surface area contributed by atoms with Gasteiger partial charge in [0.05, 0.1) is 25.5 Å². The summed E-state index contributed by atoms with van der Waals surface area (Å²) >= 11 is 0. The van der Waals surface area contributed by atoms with Crippen molar-refractivity contribution in [3.8, 4) is 11.4 Å². The van der Waals surface area contributed by atoms with E-state index in [4.69, 9.17) is 19.2 Å². The molecule has 0 bridgehead atoms. The molecule has 0 unspecified atom stereocenters. The van der Waals surface area contributed by atoms with Crippen LogP contribution in [0.2, 0.25) is 0 Å². The second-order valence-electron chi connectivity index (χ2n) is 6.72. The topological polar surface area (TPSA) is 80.4 Å². The van der Waals surface area contributed by atoms with Gasteiger partial charge in [0.25, 0.3) is 0 Å². The summed E-state index contributed by atoms with van der Waals surface area (Å²) < 4.78 is 11.0. The van der Waals surface area contributed by atoms with E-state index in [2.05, 4.69) is 22.0 Å². The Morgan fingerprint density at radius 2 is 1.96 bits per heavy atom. The first-order valence-corrected chi connectivity index (χ1v) is 9.51. The van der Waals surface area contributed by atoms with Crippen molar-refractivity contribution < 1.29 is 9.26 Å². The Kier molecular flexibility index (Phi) is 5.48. The lowest BCUT2D eigenvalue weighted by Crippen LogP contribution is -2.37. The summed E-state index contributed by atoms with van der Waals surface area (Å²) in [6.45, 7) is 5.70. The first-order valence-electron chi connectivity index (χ1n) is 9.51. The highest BCUT2D eigenvalue weighted by atomic mass is 16.5. The van der Waals surface area contributed by atoms with Crippen molar-refractivity contribution in [3.63, 3.8) is 0 Å². The third kappa shape index (κ3) is 4.12. The van der Waals surface area contributed by atoms with E-state index in [0.717, 1.165) is 54.1 Å². The van der Waals surface area contributed by atoms with Crippen molar-refractivity contribution in [1.29, 1.82) is 0 Å². The maximum atomic E-state index is 5.51. The molecule has 0 radical (unpaired) electrons. The van der Waals surface area contributed by atoms with E-state index in [1.807, 2.05) is 42.3 Å². The van der Waals surface area contributed by atoms with Gasteiger partial charge in [-0.3, -0.25) is 4.98 Å². The molecule has 0 amide bonds. The first kappa shape index (κ1) is 18.4. The Bertz CT molecular complexity index is 908. The van der Waals surface area contributed by atoms with Crippen LogP contribution in [0.25, 0.3) is 11.4 Å². The average molecular weight is 380 g/mol. The van der Waals surface area contributed by atoms with Crippen LogP contribution in [0.15, 0.2) is 41.1 Å². The molecule has 3 aromatic rings. The summed E-state index contributed by atoms with van der Waals surface area (Å²) in [6.07, 6.45) is 2.60. The zero-order chi connectivity index (χ0) is 19.3. The van der Waals surface area contributed by atoms with Crippen molar-refractivity contribution in [2.45, 2.75) is 19.9 Å². The molecular formula is C20H24N6O2. The quantitative estimate of drug-likeness (QED) is 0.645. The highest BCUT2D eigenvalue weighted by Gasteiger charge is 2.17. The van der Waals surface area contributed by atoms with Gasteiger partial charge in [-0.05, 0) is 18.6 Å². The van der Waals surface area contributed by atoms with Crippen LogP contribution >= 0.6 is 0 Å². The van der Waals surface area contributed by atoms with Gasteiger partial charge in [-0.1, -0.05) is 18.1 Å². The van der Waals surface area contributed by atoms with Gasteiger partial charge in [0.2, 0.25) is 5.95 Å². The van der Waals surface area contributed by atoms with E-state index in [9.17, 15) is 0 Å². The lowest BCUT2D eigenvalue weighted by atomic mass is 10.2. The van der Waals surface area contributed by atoms with Crippen LogP contribution in [-0.2, 0) is 17.7 Å². The van der Waals surface area contributed by atoms with E-state index in [1.165, 1.54) is 0 Å². The van der Waals surface area contributed by atoms with Crippen LogP contribution < -0.4 is 9.80 Å². The summed E-state index contributed by atoms with van der Waals surface area (Å²) in [5, 5.41) is 4.14. The average Bonchev–Trinajstić information content (AvgIpc) is 3.23. The van der Waals surface area contributed by atoms with E-state index in [-0.39, 0.29) is 0 Å². The Balaban J connectivity index is 1.53. The van der Waals surface area contributed by atoms with Crippen molar-refractivity contribution in [3.05, 3.63) is 48.0 Å². The largest absolute Gasteiger partial charge is 0.378 e. The number of hydrogen-bond donors (Lipinski definition) is 0. The smallest absolute Gasteiger partial charge is 0.227 e. The van der Waals surface area contributed by atoms with Crippen molar-refractivity contribution in [1.82, 2.24) is 20.1 Å². The minimum Gasteiger partial charge on any atom is -0.378 e. The highest BCUT2D eigenvalue weighted by Crippen LogP contribution is 2.22. The summed E-state index contributed by atoms with van der Waals surface area (Å²) in [6, 6.07) is 9.68. The maximum absolute atomic E-state index is 5.51. The Hall–Kier alpha value is -3.00. The van der Waals surface area contributed by atoms with Crippen molar-refractivity contribution >= 4 is 11.8 Å². The summed E-state index contributed by atoms with van der Waals surface area (Å²) in [7, 11) is 1.99. The van der Waals surface area contributed by atoms with Gasteiger partial charge in [0.1, 0.15) is 11.5 Å². The molecule has 0 N–H and O–H groups in total. The summed E-state index contributed by atoms with van der Waals surface area (Å²) in [5.74, 6) is 2.38. The molecule has 8 nitrogen and oxygen atoms in total. The zero-order valence-corrected chi connectivity index (χ0v) is 16.2. The first-order chi connectivity index (χ1) is 13.7. The van der Waals surface area contributed by atoms with E-state index in [1.54, 1.807) is 6.20 Å². The van der Waals surface area contributed by atoms with Crippen LogP contribution in [0, 0.1) is 0 Å². The predicted octanol–water partition coefficient (Wildman–Crippen LogP) is 2.56. The second kappa shape index (κ2) is 8.35. The SMILES string of the molecule is CCc1cc(N(C)Cc2cc(-c3ccccn3)no2)nc(N2CCOCC2)n1. The molecular weight excluding hydrogens is 356 g/mol. The molecule has 0 aromatic carbocycles. The monoisotopic (exact) mass is 380 g/mol. The number of aromatic nitrogens is 4. The molecule has 1 aliphatic heterocycles. The number of hydrogen-bond acceptors (Lipinski definition) is 8. The minimum atomic E-state index is 0.558. The number of pyridine rings is 1. The lowest BCUT2D eigenvalue weighted by molar-refractivity contribution is 0.122. The fraction of sp³-hybridized carbons (Fsp3) is 0.400. The molecule has 1 saturated heterocycles. The van der Waals surface area contributed by atoms with E-state index >= 15 is 0 Å². The van der Waals surface area contributed by atoms with Gasteiger partial charge >= 0.3 is 0 Å². The molecule has 0 atom stereocenters. The summed E-state index contributed by atoms with van der Waals surface area (Å²) in [5.41, 5.74) is 2.55. The Morgan fingerprint density at radius 3 is 2.71 bits per heavy atom. The van der Waals surface area contributed by atoms with Gasteiger partial charge in [-0.25, -0.2) is 4.98 Å². The molecule has 4 heterocycles. The third-order valence-electron chi connectivity index (χ3n) is 4.68. The summed E-state index contributed by atoms with van der Waals surface area (Å²) in [4.78, 5) is 18.0. The third-order valence-corrected chi connectivity index (χ3v) is 4.68. The van der Waals surface area contributed by atoms with Crippen LogP contribution in [0.5, 0.6) is 0 Å². The zero-order valence-electron chi connectivity index (χ0n) is 16.2. The normalized spacial score (nSPS) is 14.3. The van der Waals surface area contributed by atoms with Gasteiger partial charge < -0.3 is 19.1 Å². The van der Waals surface area contributed by atoms with E-state index < -0.39 is 0 Å². The van der Waals surface area contributed by atoms with Crippen LogP contribution in [-0.4, -0.2) is 53.5 Å². The Labute approximate surface area is 164 Å². The number of ether oxygens (including phenoxy) is 1. The number of aryl methyl sites for hydroxylation is 1. The molecule has 0 aliphatic carbocycles. The molecule has 28 heavy (non-hydrogen) atoms. The fourth-order valence-corrected chi connectivity index (χ4v) is 3.09. The van der Waals surface area contributed by atoms with Gasteiger partial charge in [0.15, 0.2) is 5.76 Å². The lowest BCUT2D eigenvalue weighted by Gasteiger charge is -2.28. The molecule has 1 fully saturated rings. The molecule has 1 aliphatic rings. The highest BCUT2D eigenvalue weighted by molar-refractivity contribution is 5.53. The van der Waals surface area contributed by atoms with E-state index in [0.29, 0.717) is 19.8 Å². The Morgan fingerprint density at radius 1 is 1.11 bits per heavy atom. The molecule has 0 spiro atoms. The van der Waals surface area contributed by atoms with Crippen molar-refractivity contribution in [2.75, 3.05) is 43.2 Å². The standard InChI is InChI=1S/C20H24N6O2/c1-3-15-12-19(23-20(22-15)26-8-10-27-11-9-26)25(2)14-16-13-18(24-28-16)17-6-4-5-7-21-17/h4-7,12-13H,3,8-11,14H2,1-2H3. The number of anilines is 2. The number of rotatable bonds is 6. The van der Waals surface area contributed by atoms with Crippen LogP contribution in [0.4, 0.5) is 11.8 Å². The maximum Gasteiger partial charge on any atom is 0.227 e. The minimum absolute atomic E-state index is 0.558. The van der Waals surface area contributed by atoms with Gasteiger partial charge in [0, 0.05) is 44.2 Å². The van der Waals surface area contributed by atoms with Crippen LogP contribution in [0.3, 0.4) is 0 Å². The van der Waals surface area contributed by atoms with Crippen molar-refractivity contribution in [2.24, 2.45) is 0 Å². The fourth-order valence-electron chi connectivity index (χ4n) is 3.09. The number of nitrogens with zero attached hydrogens (tertiary/aromatic N) is 6.